The van der Waals surface area contributed by atoms with E-state index in [9.17, 15) is 0 Å². The van der Waals surface area contributed by atoms with E-state index in [0.29, 0.717) is 0 Å². The van der Waals surface area contributed by atoms with E-state index in [4.69, 9.17) is 5.73 Å². The summed E-state index contributed by atoms with van der Waals surface area (Å²) < 4.78 is 0. The number of nitrogen functional groups attached to an aromatic ring is 1. The summed E-state index contributed by atoms with van der Waals surface area (Å²) in [5.74, 6) is 0. The summed E-state index contributed by atoms with van der Waals surface area (Å²) in [7, 11) is 0. The van der Waals surface area contributed by atoms with E-state index in [0.717, 1.165) is 12.2 Å². The Balaban J connectivity index is 1.75. The fourth-order valence-electron chi connectivity index (χ4n) is 2.99. The van der Waals surface area contributed by atoms with Crippen LogP contribution in [0.5, 0.6) is 0 Å². The molecule has 2 rings (SSSR count). The van der Waals surface area contributed by atoms with Crippen molar-refractivity contribution >= 4 is 5.69 Å². The zero-order valence-electron chi connectivity index (χ0n) is 12.9. The van der Waals surface area contributed by atoms with Crippen molar-refractivity contribution in [3.8, 4) is 0 Å². The van der Waals surface area contributed by atoms with Crippen LogP contribution in [-0.2, 0) is 6.54 Å². The number of hydrogen-bond donors (Lipinski definition) is 1. The van der Waals surface area contributed by atoms with Crippen molar-refractivity contribution in [2.45, 2.75) is 39.2 Å². The number of anilines is 1. The minimum Gasteiger partial charge on any atom is -0.399 e. The van der Waals surface area contributed by atoms with E-state index in [-0.39, 0.29) is 0 Å². The van der Waals surface area contributed by atoms with Gasteiger partial charge in [0.2, 0.25) is 0 Å². The standard InChI is InChI=1S/C17H29N3/c1-2-10-20(14-5-13-19-11-3-4-12-19)15-16-6-8-17(18)9-7-16/h6-9H,2-5,10-15,18H2,1H3. The molecule has 3 heteroatoms. The molecule has 1 aliphatic rings. The average molecular weight is 275 g/mol. The maximum absolute atomic E-state index is 5.75. The van der Waals surface area contributed by atoms with Crippen molar-refractivity contribution in [3.63, 3.8) is 0 Å². The monoisotopic (exact) mass is 275 g/mol. The van der Waals surface area contributed by atoms with E-state index in [1.165, 1.54) is 64.0 Å². The first-order chi connectivity index (χ1) is 9.78. The molecule has 1 fully saturated rings. The molecule has 1 aromatic carbocycles. The first-order valence-electron chi connectivity index (χ1n) is 8.07. The molecule has 2 N–H and O–H groups in total. The zero-order chi connectivity index (χ0) is 14.2. The fraction of sp³-hybridized carbons (Fsp3) is 0.647. The molecule has 0 aromatic heterocycles. The van der Waals surface area contributed by atoms with Gasteiger partial charge in [0, 0.05) is 12.2 Å². The van der Waals surface area contributed by atoms with Gasteiger partial charge in [0.25, 0.3) is 0 Å². The minimum atomic E-state index is 0.852. The Morgan fingerprint density at radius 1 is 1.10 bits per heavy atom. The molecule has 1 saturated heterocycles. The van der Waals surface area contributed by atoms with Crippen molar-refractivity contribution in [1.29, 1.82) is 0 Å². The van der Waals surface area contributed by atoms with Crippen LogP contribution in [0.4, 0.5) is 5.69 Å². The van der Waals surface area contributed by atoms with Crippen LogP contribution in [0.2, 0.25) is 0 Å². The summed E-state index contributed by atoms with van der Waals surface area (Å²) in [5.41, 5.74) is 7.97. The summed E-state index contributed by atoms with van der Waals surface area (Å²) in [5, 5.41) is 0. The fourth-order valence-corrected chi connectivity index (χ4v) is 2.99. The van der Waals surface area contributed by atoms with E-state index in [1.54, 1.807) is 0 Å². The molecule has 0 bridgehead atoms. The number of benzene rings is 1. The molecule has 1 heterocycles. The highest BCUT2D eigenvalue weighted by Crippen LogP contribution is 2.11. The third-order valence-corrected chi connectivity index (χ3v) is 4.07. The van der Waals surface area contributed by atoms with Gasteiger partial charge in [-0.1, -0.05) is 19.1 Å². The number of rotatable bonds is 8. The van der Waals surface area contributed by atoms with Gasteiger partial charge in [0.1, 0.15) is 0 Å². The van der Waals surface area contributed by atoms with Crippen molar-refractivity contribution in [3.05, 3.63) is 29.8 Å². The van der Waals surface area contributed by atoms with Gasteiger partial charge >= 0.3 is 0 Å². The van der Waals surface area contributed by atoms with Crippen LogP contribution in [0.15, 0.2) is 24.3 Å². The molecule has 0 atom stereocenters. The van der Waals surface area contributed by atoms with Crippen molar-refractivity contribution in [1.82, 2.24) is 9.80 Å². The molecule has 0 radical (unpaired) electrons. The van der Waals surface area contributed by atoms with Gasteiger partial charge in [0.15, 0.2) is 0 Å². The van der Waals surface area contributed by atoms with Crippen LogP contribution in [0, 0.1) is 0 Å². The summed E-state index contributed by atoms with van der Waals surface area (Å²) in [4.78, 5) is 5.18. The smallest absolute Gasteiger partial charge is 0.0314 e. The first kappa shape index (κ1) is 15.3. The third-order valence-electron chi connectivity index (χ3n) is 4.07. The van der Waals surface area contributed by atoms with Crippen LogP contribution in [-0.4, -0.2) is 42.5 Å². The Labute approximate surface area is 123 Å². The molecule has 20 heavy (non-hydrogen) atoms. The lowest BCUT2D eigenvalue weighted by Crippen LogP contribution is -2.29. The summed E-state index contributed by atoms with van der Waals surface area (Å²) >= 11 is 0. The number of hydrogen-bond acceptors (Lipinski definition) is 3. The number of likely N-dealkylation sites (tertiary alicyclic amines) is 1. The highest BCUT2D eigenvalue weighted by molar-refractivity contribution is 5.39. The highest BCUT2D eigenvalue weighted by atomic mass is 15.2. The molecule has 0 unspecified atom stereocenters. The molecule has 1 aromatic rings. The van der Waals surface area contributed by atoms with Gasteiger partial charge in [-0.15, -0.1) is 0 Å². The molecular formula is C17H29N3. The number of nitrogens with two attached hydrogens (primary N) is 1. The second kappa shape index (κ2) is 8.28. The third kappa shape index (κ3) is 5.14. The molecule has 0 aliphatic carbocycles. The molecular weight excluding hydrogens is 246 g/mol. The van der Waals surface area contributed by atoms with Crippen molar-refractivity contribution < 1.29 is 0 Å². The van der Waals surface area contributed by atoms with Crippen molar-refractivity contribution in [2.75, 3.05) is 38.5 Å². The average Bonchev–Trinajstić information content (AvgIpc) is 2.95. The molecule has 3 nitrogen and oxygen atoms in total. The zero-order valence-corrected chi connectivity index (χ0v) is 12.9. The molecule has 112 valence electrons. The predicted octanol–water partition coefficient (Wildman–Crippen LogP) is 2.97. The van der Waals surface area contributed by atoms with Gasteiger partial charge in [-0.2, -0.15) is 0 Å². The van der Waals surface area contributed by atoms with E-state index in [1.807, 2.05) is 12.1 Å². The van der Waals surface area contributed by atoms with E-state index < -0.39 is 0 Å². The van der Waals surface area contributed by atoms with Gasteiger partial charge in [-0.3, -0.25) is 4.90 Å². The van der Waals surface area contributed by atoms with Gasteiger partial charge in [0.05, 0.1) is 0 Å². The Hall–Kier alpha value is -1.06. The first-order valence-corrected chi connectivity index (χ1v) is 8.07. The quantitative estimate of drug-likeness (QED) is 0.740. The topological polar surface area (TPSA) is 32.5 Å². The SMILES string of the molecule is CCCN(CCCN1CCCC1)Cc1ccc(N)cc1. The van der Waals surface area contributed by atoms with Crippen LogP contribution >= 0.6 is 0 Å². The van der Waals surface area contributed by atoms with Gasteiger partial charge < -0.3 is 10.6 Å². The molecule has 0 spiro atoms. The van der Waals surface area contributed by atoms with Crippen LogP contribution in [0.1, 0.15) is 38.2 Å². The summed E-state index contributed by atoms with van der Waals surface area (Å²) in [6.45, 7) is 9.59. The summed E-state index contributed by atoms with van der Waals surface area (Å²) in [6.07, 6.45) is 5.29. The Bertz CT molecular complexity index is 368. The molecule has 1 aliphatic heterocycles. The Kier molecular flexibility index (Phi) is 6.34. The second-order valence-corrected chi connectivity index (χ2v) is 5.92. The van der Waals surface area contributed by atoms with Crippen LogP contribution in [0.25, 0.3) is 0 Å². The van der Waals surface area contributed by atoms with E-state index >= 15 is 0 Å². The Morgan fingerprint density at radius 3 is 2.45 bits per heavy atom. The highest BCUT2D eigenvalue weighted by Gasteiger charge is 2.11. The lowest BCUT2D eigenvalue weighted by atomic mass is 10.2. The van der Waals surface area contributed by atoms with E-state index in [2.05, 4.69) is 28.9 Å². The maximum atomic E-state index is 5.75. The maximum Gasteiger partial charge on any atom is 0.0314 e. The lowest BCUT2D eigenvalue weighted by molar-refractivity contribution is 0.238. The Morgan fingerprint density at radius 2 is 1.80 bits per heavy atom. The minimum absolute atomic E-state index is 0.852. The van der Waals surface area contributed by atoms with Crippen molar-refractivity contribution in [2.24, 2.45) is 0 Å². The summed E-state index contributed by atoms with van der Waals surface area (Å²) in [6, 6.07) is 8.31. The number of nitrogens with zero attached hydrogens (tertiary/aromatic N) is 2. The lowest BCUT2D eigenvalue weighted by Gasteiger charge is -2.23. The van der Waals surface area contributed by atoms with Crippen LogP contribution in [0.3, 0.4) is 0 Å². The second-order valence-electron chi connectivity index (χ2n) is 5.92. The predicted molar refractivity (Wildman–Crippen MR) is 86.7 cm³/mol. The normalized spacial score (nSPS) is 16.1. The molecule has 0 saturated carbocycles. The molecule has 0 amide bonds. The van der Waals surface area contributed by atoms with Gasteiger partial charge in [-0.05, 0) is 76.1 Å². The van der Waals surface area contributed by atoms with Gasteiger partial charge in [-0.25, -0.2) is 0 Å². The van der Waals surface area contributed by atoms with Crippen LogP contribution < -0.4 is 5.73 Å². The largest absolute Gasteiger partial charge is 0.399 e.